The maximum absolute atomic E-state index is 12.5. The maximum Gasteiger partial charge on any atom is 0.242 e. The van der Waals surface area contributed by atoms with Crippen LogP contribution >= 0.6 is 0 Å². The van der Waals surface area contributed by atoms with E-state index in [1.165, 1.54) is 19.3 Å². The monoisotopic (exact) mass is 358 g/mol. The summed E-state index contributed by atoms with van der Waals surface area (Å²) in [6.07, 6.45) is 14.0. The third kappa shape index (κ3) is 2.69. The van der Waals surface area contributed by atoms with Crippen molar-refractivity contribution >= 4 is 14.1 Å². The van der Waals surface area contributed by atoms with Gasteiger partial charge in [0.15, 0.2) is 0 Å². The van der Waals surface area contributed by atoms with E-state index >= 15 is 0 Å². The Hall–Kier alpha value is -0.833. The molecule has 4 rings (SSSR count). The molecule has 6 atom stereocenters. The summed E-state index contributed by atoms with van der Waals surface area (Å²) in [5.74, 6) is 4.37. The van der Waals surface area contributed by atoms with E-state index in [2.05, 4.69) is 51.7 Å². The highest BCUT2D eigenvalue weighted by molar-refractivity contribution is 6.70. The van der Waals surface area contributed by atoms with Crippen molar-refractivity contribution in [3.05, 3.63) is 24.0 Å². The quantitative estimate of drug-likeness (QED) is 0.590. The lowest BCUT2D eigenvalue weighted by atomic mass is 9.47. The standard InChI is InChI=1S/C22H34O2Si/c1-21-12-10-16(24-25(3,4)5)14-15(21)6-7-17-18-8-9-20(23)22(18,2)13-11-19(17)21/h10,12,14-15,17-19H,6-9,11,13H2,1-5H3/t15-,17?,18?,19?,21+,22+/m1/s1. The Bertz CT molecular complexity index is 643. The Morgan fingerprint density at radius 1 is 1.08 bits per heavy atom. The highest BCUT2D eigenvalue weighted by Crippen LogP contribution is 2.64. The highest BCUT2D eigenvalue weighted by atomic mass is 28.4. The van der Waals surface area contributed by atoms with Gasteiger partial charge >= 0.3 is 0 Å². The molecule has 3 unspecified atom stereocenters. The molecule has 0 bridgehead atoms. The van der Waals surface area contributed by atoms with Gasteiger partial charge in [-0.15, -0.1) is 0 Å². The largest absolute Gasteiger partial charge is 0.545 e. The number of carbonyl (C=O) groups is 1. The van der Waals surface area contributed by atoms with Crippen molar-refractivity contribution in [2.45, 2.75) is 72.0 Å². The Labute approximate surface area is 154 Å². The zero-order valence-corrected chi connectivity index (χ0v) is 17.6. The molecule has 4 aliphatic carbocycles. The van der Waals surface area contributed by atoms with Gasteiger partial charge in [0.2, 0.25) is 8.32 Å². The summed E-state index contributed by atoms with van der Waals surface area (Å²) < 4.78 is 6.28. The van der Waals surface area contributed by atoms with E-state index in [-0.39, 0.29) is 10.8 Å². The molecular formula is C22H34O2Si. The first-order valence-corrected chi connectivity index (χ1v) is 13.7. The van der Waals surface area contributed by atoms with Crippen LogP contribution in [-0.2, 0) is 9.22 Å². The van der Waals surface area contributed by atoms with Crippen LogP contribution in [-0.4, -0.2) is 14.1 Å². The van der Waals surface area contributed by atoms with Gasteiger partial charge in [-0.1, -0.05) is 19.9 Å². The number of carbonyl (C=O) groups excluding carboxylic acids is 1. The van der Waals surface area contributed by atoms with Gasteiger partial charge in [0.05, 0.1) is 5.76 Å². The van der Waals surface area contributed by atoms with Crippen molar-refractivity contribution < 1.29 is 9.22 Å². The predicted molar refractivity (Wildman–Crippen MR) is 105 cm³/mol. The van der Waals surface area contributed by atoms with Gasteiger partial charge in [-0.25, -0.2) is 0 Å². The van der Waals surface area contributed by atoms with Crippen molar-refractivity contribution in [1.29, 1.82) is 0 Å². The molecule has 2 nitrogen and oxygen atoms in total. The lowest BCUT2D eigenvalue weighted by Crippen LogP contribution is -2.51. The maximum atomic E-state index is 12.5. The SMILES string of the molecule is C[C@]12CCC3C(CC[C@@H]4C=C(O[Si](C)(C)C)C=C[C@]34C)C1CCC2=O. The second kappa shape index (κ2) is 5.58. The third-order valence-corrected chi connectivity index (χ3v) is 8.80. The van der Waals surface area contributed by atoms with Crippen LogP contribution in [0.3, 0.4) is 0 Å². The molecule has 0 amide bonds. The summed E-state index contributed by atoms with van der Waals surface area (Å²) in [5.41, 5.74) is 0.243. The van der Waals surface area contributed by atoms with Crippen molar-refractivity contribution in [2.24, 2.45) is 34.5 Å². The van der Waals surface area contributed by atoms with Crippen molar-refractivity contribution in [2.75, 3.05) is 0 Å². The van der Waals surface area contributed by atoms with Crippen LogP contribution in [0.5, 0.6) is 0 Å². The van der Waals surface area contributed by atoms with Crippen LogP contribution in [0.2, 0.25) is 19.6 Å². The smallest absolute Gasteiger partial charge is 0.242 e. The van der Waals surface area contributed by atoms with Crippen LogP contribution in [0.15, 0.2) is 24.0 Å². The molecule has 0 heterocycles. The van der Waals surface area contributed by atoms with E-state index in [9.17, 15) is 4.79 Å². The van der Waals surface area contributed by atoms with Crippen LogP contribution in [0.25, 0.3) is 0 Å². The van der Waals surface area contributed by atoms with Gasteiger partial charge in [-0.05, 0) is 93.0 Å². The Morgan fingerprint density at radius 2 is 1.84 bits per heavy atom. The Kier molecular flexibility index (Phi) is 3.92. The number of rotatable bonds is 2. The zero-order chi connectivity index (χ0) is 18.0. The second-order valence-electron chi connectivity index (χ2n) is 10.5. The van der Waals surface area contributed by atoms with Gasteiger partial charge in [0, 0.05) is 11.8 Å². The molecule has 3 fully saturated rings. The summed E-state index contributed by atoms with van der Waals surface area (Å²) in [6.45, 7) is 11.5. The van der Waals surface area contributed by atoms with Gasteiger partial charge in [0.25, 0.3) is 0 Å². The Balaban J connectivity index is 1.59. The minimum absolute atomic E-state index is 0.00924. The Morgan fingerprint density at radius 3 is 2.56 bits per heavy atom. The minimum Gasteiger partial charge on any atom is -0.545 e. The fourth-order valence-corrected chi connectivity index (χ4v) is 7.48. The number of ketones is 1. The van der Waals surface area contributed by atoms with E-state index < -0.39 is 8.32 Å². The molecule has 0 aromatic rings. The number of hydrogen-bond acceptors (Lipinski definition) is 2. The fourth-order valence-electron chi connectivity index (χ4n) is 6.64. The summed E-state index contributed by atoms with van der Waals surface area (Å²) in [7, 11) is -1.55. The van der Waals surface area contributed by atoms with E-state index in [4.69, 9.17) is 4.43 Å². The first-order valence-electron chi connectivity index (χ1n) is 10.3. The van der Waals surface area contributed by atoms with E-state index in [0.717, 1.165) is 36.9 Å². The van der Waals surface area contributed by atoms with E-state index in [0.29, 0.717) is 17.6 Å². The lowest BCUT2D eigenvalue weighted by Gasteiger charge is -2.57. The molecule has 0 aromatic carbocycles. The molecule has 0 radical (unpaired) electrons. The molecule has 3 heteroatoms. The van der Waals surface area contributed by atoms with Crippen molar-refractivity contribution in [1.82, 2.24) is 0 Å². The van der Waals surface area contributed by atoms with Crippen molar-refractivity contribution in [3.8, 4) is 0 Å². The molecule has 138 valence electrons. The molecule has 0 aliphatic heterocycles. The molecule has 0 N–H and O–H groups in total. The van der Waals surface area contributed by atoms with Gasteiger partial charge in [0.1, 0.15) is 5.78 Å². The van der Waals surface area contributed by atoms with Crippen LogP contribution in [0.1, 0.15) is 52.4 Å². The van der Waals surface area contributed by atoms with Crippen LogP contribution < -0.4 is 0 Å². The zero-order valence-electron chi connectivity index (χ0n) is 16.6. The minimum atomic E-state index is -1.55. The van der Waals surface area contributed by atoms with E-state index in [1.807, 2.05) is 0 Å². The third-order valence-electron chi connectivity index (χ3n) is 7.95. The molecule has 25 heavy (non-hydrogen) atoms. The normalized spacial score (nSPS) is 46.1. The first kappa shape index (κ1) is 17.6. The molecule has 0 spiro atoms. The molecule has 0 saturated heterocycles. The highest BCUT2D eigenvalue weighted by Gasteiger charge is 2.59. The summed E-state index contributed by atoms with van der Waals surface area (Å²) in [5, 5.41) is 0. The van der Waals surface area contributed by atoms with Gasteiger partial charge < -0.3 is 4.43 Å². The van der Waals surface area contributed by atoms with Crippen molar-refractivity contribution in [3.63, 3.8) is 0 Å². The number of Topliss-reactive ketones (excluding diaryl/α,β-unsaturated/α-hetero) is 1. The van der Waals surface area contributed by atoms with E-state index in [1.54, 1.807) is 0 Å². The fraction of sp³-hybridized carbons (Fsp3) is 0.773. The molecule has 4 aliphatic rings. The summed E-state index contributed by atoms with van der Waals surface area (Å²) in [6, 6.07) is 0. The molecule has 0 aromatic heterocycles. The average Bonchev–Trinajstić information content (AvgIpc) is 2.82. The number of fused-ring (bicyclic) bond motifs is 5. The lowest BCUT2D eigenvalue weighted by molar-refractivity contribution is -0.133. The molecular weight excluding hydrogens is 324 g/mol. The first-order chi connectivity index (χ1) is 11.6. The summed E-state index contributed by atoms with van der Waals surface area (Å²) in [4.78, 5) is 12.5. The molecule has 3 saturated carbocycles. The second-order valence-corrected chi connectivity index (χ2v) is 14.9. The number of allylic oxidation sites excluding steroid dienone is 3. The van der Waals surface area contributed by atoms with Gasteiger partial charge in [-0.3, -0.25) is 4.79 Å². The van der Waals surface area contributed by atoms with Gasteiger partial charge in [-0.2, -0.15) is 0 Å². The van der Waals surface area contributed by atoms with Crippen LogP contribution in [0.4, 0.5) is 0 Å². The average molecular weight is 359 g/mol. The van der Waals surface area contributed by atoms with Crippen LogP contribution in [0, 0.1) is 34.5 Å². The predicted octanol–water partition coefficient (Wildman–Crippen LogP) is 5.72. The topological polar surface area (TPSA) is 26.3 Å². The number of hydrogen-bond donors (Lipinski definition) is 0. The summed E-state index contributed by atoms with van der Waals surface area (Å²) >= 11 is 0.